The van der Waals surface area contributed by atoms with E-state index in [0.29, 0.717) is 29.9 Å². The molecule has 7 heteroatoms. The number of hydrogen-bond donors (Lipinski definition) is 2. The largest absolute Gasteiger partial charge is 0.328 e. The third kappa shape index (κ3) is 2.56. The van der Waals surface area contributed by atoms with Gasteiger partial charge in [-0.05, 0) is 29.1 Å². The van der Waals surface area contributed by atoms with Gasteiger partial charge < -0.3 is 15.5 Å². The average Bonchev–Trinajstić information content (AvgIpc) is 3.16. The van der Waals surface area contributed by atoms with E-state index in [4.69, 9.17) is 0 Å². The molecule has 0 aliphatic carbocycles. The Kier molecular flexibility index (Phi) is 3.57. The topological polar surface area (TPSA) is 61.4 Å². The average molecular weight is 343 g/mol. The zero-order valence-corrected chi connectivity index (χ0v) is 13.4. The summed E-state index contributed by atoms with van der Waals surface area (Å²) in [6, 6.07) is 8.85. The number of nitrogens with zero attached hydrogens (tertiary/aromatic N) is 1. The first-order valence-electron chi connectivity index (χ1n) is 7.49. The lowest BCUT2D eigenvalue weighted by Gasteiger charge is -2.25. The van der Waals surface area contributed by atoms with E-state index < -0.39 is 11.9 Å². The summed E-state index contributed by atoms with van der Waals surface area (Å²) in [5.41, 5.74) is 1.63. The Balaban J connectivity index is 1.66. The third-order valence-corrected chi connectivity index (χ3v) is 4.99. The Labute approximate surface area is 141 Å². The molecule has 0 radical (unpaired) electrons. The first kappa shape index (κ1) is 14.9. The van der Waals surface area contributed by atoms with Crippen molar-refractivity contribution in [1.29, 1.82) is 0 Å². The van der Waals surface area contributed by atoms with E-state index >= 15 is 0 Å². The van der Waals surface area contributed by atoms with Gasteiger partial charge in [0, 0.05) is 4.88 Å². The molecule has 0 spiro atoms. The molecule has 24 heavy (non-hydrogen) atoms. The Morgan fingerprint density at radius 1 is 1.25 bits per heavy atom. The van der Waals surface area contributed by atoms with E-state index in [9.17, 15) is 14.0 Å². The molecular weight excluding hydrogens is 329 g/mol. The molecule has 0 bridgehead atoms. The number of thiophene rings is 1. The van der Waals surface area contributed by atoms with Gasteiger partial charge in [-0.25, -0.2) is 9.18 Å². The van der Waals surface area contributed by atoms with Crippen LogP contribution in [0.15, 0.2) is 53.0 Å². The molecule has 1 aromatic heterocycles. The molecule has 5 nitrogen and oxygen atoms in total. The van der Waals surface area contributed by atoms with Crippen LogP contribution in [0.3, 0.4) is 0 Å². The predicted molar refractivity (Wildman–Crippen MR) is 87.6 cm³/mol. The van der Waals surface area contributed by atoms with Gasteiger partial charge in [-0.2, -0.15) is 0 Å². The van der Waals surface area contributed by atoms with Gasteiger partial charge in [0.2, 0.25) is 0 Å². The monoisotopic (exact) mass is 343 g/mol. The smallest absolute Gasteiger partial charge is 0.319 e. The van der Waals surface area contributed by atoms with E-state index in [1.165, 1.54) is 12.1 Å². The second kappa shape index (κ2) is 5.76. The highest BCUT2D eigenvalue weighted by Crippen LogP contribution is 2.33. The first-order valence-corrected chi connectivity index (χ1v) is 8.37. The molecule has 3 heterocycles. The van der Waals surface area contributed by atoms with Gasteiger partial charge in [-0.1, -0.05) is 18.2 Å². The summed E-state index contributed by atoms with van der Waals surface area (Å²) >= 11 is 1.58. The molecule has 2 aliphatic rings. The van der Waals surface area contributed by atoms with Crippen molar-refractivity contribution in [3.05, 3.63) is 69.3 Å². The summed E-state index contributed by atoms with van der Waals surface area (Å²) in [4.78, 5) is 27.5. The molecule has 2 N–H and O–H groups in total. The van der Waals surface area contributed by atoms with Crippen molar-refractivity contribution < 1.29 is 14.0 Å². The second-order valence-corrected chi connectivity index (χ2v) is 6.75. The normalized spacial score (nSPS) is 20.0. The summed E-state index contributed by atoms with van der Waals surface area (Å²) in [6.45, 7) is 0.848. The molecule has 2 aliphatic heterocycles. The van der Waals surface area contributed by atoms with Crippen molar-refractivity contribution in [2.75, 3.05) is 6.54 Å². The van der Waals surface area contributed by atoms with Crippen LogP contribution in [0, 0.1) is 5.82 Å². The van der Waals surface area contributed by atoms with Crippen molar-refractivity contribution in [1.82, 2.24) is 15.5 Å². The third-order valence-electron chi connectivity index (χ3n) is 4.13. The van der Waals surface area contributed by atoms with E-state index in [1.807, 2.05) is 17.5 Å². The molecule has 1 unspecified atom stereocenters. The van der Waals surface area contributed by atoms with Crippen LogP contribution < -0.4 is 10.6 Å². The van der Waals surface area contributed by atoms with Gasteiger partial charge in [-0.15, -0.1) is 11.3 Å². The Morgan fingerprint density at radius 2 is 2.12 bits per heavy atom. The van der Waals surface area contributed by atoms with Crippen LogP contribution in [0.2, 0.25) is 0 Å². The fourth-order valence-electron chi connectivity index (χ4n) is 3.08. The number of carbonyl (C=O) groups excluding carboxylic acids is 2. The number of amides is 3. The van der Waals surface area contributed by atoms with Crippen LogP contribution in [0.4, 0.5) is 9.18 Å². The molecule has 1 aromatic carbocycles. The number of carbonyl (C=O) groups is 2. The van der Waals surface area contributed by atoms with Crippen molar-refractivity contribution in [3.63, 3.8) is 0 Å². The number of rotatable bonds is 3. The van der Waals surface area contributed by atoms with Gasteiger partial charge in [0.25, 0.3) is 5.91 Å². The first-order chi connectivity index (χ1) is 11.6. The zero-order chi connectivity index (χ0) is 16.7. The van der Waals surface area contributed by atoms with Crippen LogP contribution in [0.1, 0.15) is 16.5 Å². The Morgan fingerprint density at radius 3 is 2.88 bits per heavy atom. The van der Waals surface area contributed by atoms with E-state index in [1.54, 1.807) is 28.4 Å². The van der Waals surface area contributed by atoms with Crippen molar-refractivity contribution in [2.24, 2.45) is 0 Å². The van der Waals surface area contributed by atoms with Gasteiger partial charge in [-0.3, -0.25) is 4.79 Å². The minimum absolute atomic E-state index is 0.139. The van der Waals surface area contributed by atoms with E-state index in [0.717, 1.165) is 4.88 Å². The highest BCUT2D eigenvalue weighted by Gasteiger charge is 2.40. The lowest BCUT2D eigenvalue weighted by atomic mass is 9.96. The minimum Gasteiger partial charge on any atom is -0.328 e. The molecular formula is C17H14FN3O2S. The number of urea groups is 1. The highest BCUT2D eigenvalue weighted by molar-refractivity contribution is 7.09. The van der Waals surface area contributed by atoms with Crippen LogP contribution in [0.25, 0.3) is 0 Å². The molecule has 0 fully saturated rings. The highest BCUT2D eigenvalue weighted by atomic mass is 32.1. The fraction of sp³-hybridized carbons (Fsp3) is 0.176. The maximum Gasteiger partial charge on any atom is 0.319 e. The standard InChI is InChI=1S/C17H14FN3O2S/c18-11-4-1-3-10(7-11)15-14-13(19-17(23)20-15)9-21(16(14)22)8-12-5-2-6-24-12/h1-7,15H,8-9H2,(H2,19,20,23). The zero-order valence-electron chi connectivity index (χ0n) is 12.6. The molecule has 122 valence electrons. The molecule has 2 aromatic rings. The molecule has 3 amide bonds. The summed E-state index contributed by atoms with van der Waals surface area (Å²) in [7, 11) is 0. The minimum atomic E-state index is -0.634. The molecule has 0 saturated carbocycles. The molecule has 1 atom stereocenters. The Bertz CT molecular complexity index is 847. The number of benzene rings is 1. The second-order valence-electron chi connectivity index (χ2n) is 5.72. The van der Waals surface area contributed by atoms with Crippen LogP contribution in [-0.2, 0) is 11.3 Å². The van der Waals surface area contributed by atoms with Crippen LogP contribution >= 0.6 is 11.3 Å². The summed E-state index contributed by atoms with van der Waals surface area (Å²) in [6.07, 6.45) is 0. The number of halogens is 1. The van der Waals surface area contributed by atoms with Crippen LogP contribution in [0.5, 0.6) is 0 Å². The number of nitrogens with one attached hydrogen (secondary N) is 2. The lowest BCUT2D eigenvalue weighted by Crippen LogP contribution is -2.44. The van der Waals surface area contributed by atoms with Crippen molar-refractivity contribution in [2.45, 2.75) is 12.6 Å². The van der Waals surface area contributed by atoms with Crippen molar-refractivity contribution >= 4 is 23.3 Å². The maximum atomic E-state index is 13.6. The molecule has 0 saturated heterocycles. The van der Waals surface area contributed by atoms with Gasteiger partial charge in [0.15, 0.2) is 0 Å². The number of hydrogen-bond acceptors (Lipinski definition) is 3. The predicted octanol–water partition coefficient (Wildman–Crippen LogP) is 2.54. The van der Waals surface area contributed by atoms with Gasteiger partial charge in [0.05, 0.1) is 30.4 Å². The Hall–Kier alpha value is -2.67. The summed E-state index contributed by atoms with van der Waals surface area (Å²) in [5, 5.41) is 7.39. The maximum absolute atomic E-state index is 13.6. The van der Waals surface area contributed by atoms with Gasteiger partial charge >= 0.3 is 6.03 Å². The van der Waals surface area contributed by atoms with E-state index in [2.05, 4.69) is 10.6 Å². The lowest BCUT2D eigenvalue weighted by molar-refractivity contribution is -0.126. The van der Waals surface area contributed by atoms with Crippen molar-refractivity contribution in [3.8, 4) is 0 Å². The summed E-state index contributed by atoms with van der Waals surface area (Å²) in [5.74, 6) is -0.538. The molecule has 4 rings (SSSR count). The quantitative estimate of drug-likeness (QED) is 0.900. The van der Waals surface area contributed by atoms with Crippen LogP contribution in [-0.4, -0.2) is 23.4 Å². The van der Waals surface area contributed by atoms with Gasteiger partial charge in [0.1, 0.15) is 5.82 Å². The SMILES string of the molecule is O=C1NC2=C(C(=O)N(Cc3cccs3)C2)C(c2cccc(F)c2)N1. The summed E-state index contributed by atoms with van der Waals surface area (Å²) < 4.78 is 13.6. The fourth-order valence-corrected chi connectivity index (χ4v) is 3.80. The van der Waals surface area contributed by atoms with E-state index in [-0.39, 0.29) is 11.9 Å².